The summed E-state index contributed by atoms with van der Waals surface area (Å²) in [5.74, 6) is 0.563. The summed E-state index contributed by atoms with van der Waals surface area (Å²) in [5.41, 5.74) is 2.80. The van der Waals surface area contributed by atoms with Crippen molar-refractivity contribution in [2.24, 2.45) is 0 Å². The lowest BCUT2D eigenvalue weighted by molar-refractivity contribution is -0.115. The van der Waals surface area contributed by atoms with E-state index in [1.807, 2.05) is 6.07 Å². The molecule has 2 aromatic heterocycles. The lowest BCUT2D eigenvalue weighted by Crippen LogP contribution is -2.16. The Morgan fingerprint density at radius 1 is 1.21 bits per heavy atom. The molecule has 0 aliphatic carbocycles. The highest BCUT2D eigenvalue weighted by atomic mass is 35.5. The molecular weight excluding hydrogens is 328 g/mol. The van der Waals surface area contributed by atoms with Crippen molar-refractivity contribution in [3.05, 3.63) is 63.0 Å². The van der Waals surface area contributed by atoms with Crippen molar-refractivity contribution in [3.63, 3.8) is 0 Å². The van der Waals surface area contributed by atoms with Gasteiger partial charge in [0.05, 0.1) is 6.42 Å². The number of anilines is 2. The first-order chi connectivity index (χ1) is 11.6. The van der Waals surface area contributed by atoms with Gasteiger partial charge < -0.3 is 15.6 Å². The minimum absolute atomic E-state index is 0.0354. The third-order valence-corrected chi connectivity index (χ3v) is 4.19. The third kappa shape index (κ3) is 2.72. The van der Waals surface area contributed by atoms with E-state index in [4.69, 9.17) is 11.6 Å². The molecule has 24 heavy (non-hydrogen) atoms. The summed E-state index contributed by atoms with van der Waals surface area (Å²) in [6, 6.07) is 8.90. The molecule has 3 aromatic rings. The fraction of sp³-hybridized carbons (Fsp3) is 0.118. The molecule has 0 saturated carbocycles. The van der Waals surface area contributed by atoms with Gasteiger partial charge in [0, 0.05) is 51.5 Å². The van der Waals surface area contributed by atoms with Crippen molar-refractivity contribution in [3.8, 4) is 0 Å². The number of aromatic amines is 1. The van der Waals surface area contributed by atoms with Gasteiger partial charge in [-0.05, 0) is 24.3 Å². The molecule has 0 atom stereocenters. The lowest BCUT2D eigenvalue weighted by Gasteiger charge is -2.08. The largest absolute Gasteiger partial charge is 0.366 e. The van der Waals surface area contributed by atoms with Crippen LogP contribution in [0.25, 0.3) is 10.9 Å². The van der Waals surface area contributed by atoms with Crippen LogP contribution in [0.1, 0.15) is 11.1 Å². The van der Waals surface area contributed by atoms with E-state index in [0.717, 1.165) is 22.2 Å². The van der Waals surface area contributed by atoms with E-state index in [-0.39, 0.29) is 11.5 Å². The van der Waals surface area contributed by atoms with Crippen LogP contribution in [0, 0.1) is 0 Å². The summed E-state index contributed by atoms with van der Waals surface area (Å²) in [6.07, 6.45) is 2.02. The third-order valence-electron chi connectivity index (χ3n) is 3.95. The van der Waals surface area contributed by atoms with Gasteiger partial charge in [0.15, 0.2) is 0 Å². The molecule has 120 valence electrons. The molecule has 0 spiro atoms. The van der Waals surface area contributed by atoms with Crippen molar-refractivity contribution in [1.82, 2.24) is 9.97 Å². The molecule has 4 rings (SSSR count). The number of carbonyl (C=O) groups excluding carboxylic acids is 1. The Hall–Kier alpha value is -2.86. The van der Waals surface area contributed by atoms with Crippen LogP contribution in [0.15, 0.2) is 41.3 Å². The molecule has 3 N–H and O–H groups in total. The number of aromatic nitrogens is 2. The first-order valence-electron chi connectivity index (χ1n) is 7.42. The standard InChI is InChI=1S/C17H13ClN4O2/c18-12-1-2-13-9(4-12)3-11(17(24)22-13)8-20-15-6-14-10(7-19-15)5-16(23)21-14/h1-4,6-7H,5,8H2,(H,19,20)(H,21,23)(H,22,24). The van der Waals surface area contributed by atoms with E-state index < -0.39 is 0 Å². The number of halogens is 1. The molecule has 6 nitrogen and oxygen atoms in total. The zero-order chi connectivity index (χ0) is 16.7. The summed E-state index contributed by atoms with van der Waals surface area (Å²) >= 11 is 6.00. The fourth-order valence-corrected chi connectivity index (χ4v) is 2.93. The first kappa shape index (κ1) is 14.7. The number of hydrogen-bond acceptors (Lipinski definition) is 4. The molecular formula is C17H13ClN4O2. The van der Waals surface area contributed by atoms with Gasteiger partial charge in [-0.3, -0.25) is 9.59 Å². The monoisotopic (exact) mass is 340 g/mol. The summed E-state index contributed by atoms with van der Waals surface area (Å²) in [4.78, 5) is 30.6. The van der Waals surface area contributed by atoms with Crippen LogP contribution in [0.2, 0.25) is 5.02 Å². The van der Waals surface area contributed by atoms with Crippen molar-refractivity contribution < 1.29 is 4.79 Å². The number of fused-ring (bicyclic) bond motifs is 2. The number of pyridine rings is 2. The number of nitrogens with one attached hydrogen (secondary N) is 3. The van der Waals surface area contributed by atoms with Crippen molar-refractivity contribution in [1.29, 1.82) is 0 Å². The van der Waals surface area contributed by atoms with Crippen molar-refractivity contribution in [2.45, 2.75) is 13.0 Å². The number of nitrogens with zero attached hydrogens (tertiary/aromatic N) is 1. The minimum Gasteiger partial charge on any atom is -0.366 e. The molecule has 1 aliphatic rings. The average Bonchev–Trinajstić information content (AvgIpc) is 2.92. The van der Waals surface area contributed by atoms with Crippen LogP contribution in [0.3, 0.4) is 0 Å². The maximum absolute atomic E-state index is 12.2. The number of H-pyrrole nitrogens is 1. The van der Waals surface area contributed by atoms with Crippen LogP contribution in [-0.2, 0) is 17.8 Å². The van der Waals surface area contributed by atoms with Gasteiger partial charge in [-0.25, -0.2) is 4.98 Å². The summed E-state index contributed by atoms with van der Waals surface area (Å²) in [5, 5.41) is 7.37. The van der Waals surface area contributed by atoms with Gasteiger partial charge in [0.2, 0.25) is 5.91 Å². The number of rotatable bonds is 3. The molecule has 3 heterocycles. The second-order valence-corrected chi connectivity index (χ2v) is 6.10. The molecule has 1 aromatic carbocycles. The maximum atomic E-state index is 12.2. The Morgan fingerprint density at radius 2 is 2.08 bits per heavy atom. The SMILES string of the molecule is O=C1Cc2cnc(NCc3cc4cc(Cl)ccc4[nH]c3=O)cc2N1. The maximum Gasteiger partial charge on any atom is 0.253 e. The van der Waals surface area contributed by atoms with Crippen LogP contribution in [-0.4, -0.2) is 15.9 Å². The number of carbonyl (C=O) groups is 1. The summed E-state index contributed by atoms with van der Waals surface area (Å²) in [6.45, 7) is 0.317. The van der Waals surface area contributed by atoms with E-state index in [1.165, 1.54) is 0 Å². The quantitative estimate of drug-likeness (QED) is 0.684. The Morgan fingerprint density at radius 3 is 2.96 bits per heavy atom. The number of benzene rings is 1. The van der Waals surface area contributed by atoms with Gasteiger partial charge in [-0.1, -0.05) is 11.6 Å². The second kappa shape index (κ2) is 5.65. The Balaban J connectivity index is 1.59. The zero-order valence-electron chi connectivity index (χ0n) is 12.5. The van der Waals surface area contributed by atoms with Gasteiger partial charge in [0.25, 0.3) is 5.56 Å². The molecule has 0 fully saturated rings. The Bertz CT molecular complexity index is 1030. The van der Waals surface area contributed by atoms with Crippen LogP contribution >= 0.6 is 11.6 Å². The van der Waals surface area contributed by atoms with E-state index >= 15 is 0 Å². The van der Waals surface area contributed by atoms with Crippen LogP contribution in [0.5, 0.6) is 0 Å². The Labute approximate surface area is 141 Å². The van der Waals surface area contributed by atoms with Gasteiger partial charge in [-0.2, -0.15) is 0 Å². The topological polar surface area (TPSA) is 86.9 Å². The van der Waals surface area contributed by atoms with Crippen LogP contribution in [0.4, 0.5) is 11.5 Å². The normalized spacial score (nSPS) is 13.0. The van der Waals surface area contributed by atoms with E-state index in [2.05, 4.69) is 20.6 Å². The molecule has 0 unspecified atom stereocenters. The lowest BCUT2D eigenvalue weighted by atomic mass is 10.1. The molecule has 1 aliphatic heterocycles. The zero-order valence-corrected chi connectivity index (χ0v) is 13.3. The average molecular weight is 341 g/mol. The predicted molar refractivity (Wildman–Crippen MR) is 93.5 cm³/mol. The van der Waals surface area contributed by atoms with Crippen molar-refractivity contribution in [2.75, 3.05) is 10.6 Å². The molecule has 0 saturated heterocycles. The molecule has 7 heteroatoms. The van der Waals surface area contributed by atoms with Gasteiger partial charge in [-0.15, -0.1) is 0 Å². The van der Waals surface area contributed by atoms with E-state index in [9.17, 15) is 9.59 Å². The van der Waals surface area contributed by atoms with Crippen molar-refractivity contribution >= 4 is 39.9 Å². The van der Waals surface area contributed by atoms with Gasteiger partial charge in [0.1, 0.15) is 5.82 Å². The Kier molecular flexibility index (Phi) is 3.46. The summed E-state index contributed by atoms with van der Waals surface area (Å²) < 4.78 is 0. The van der Waals surface area contributed by atoms with E-state index in [0.29, 0.717) is 29.4 Å². The summed E-state index contributed by atoms with van der Waals surface area (Å²) in [7, 11) is 0. The van der Waals surface area contributed by atoms with Gasteiger partial charge >= 0.3 is 0 Å². The van der Waals surface area contributed by atoms with E-state index in [1.54, 1.807) is 30.5 Å². The smallest absolute Gasteiger partial charge is 0.253 e. The number of hydrogen-bond donors (Lipinski definition) is 3. The minimum atomic E-state index is -0.160. The fourth-order valence-electron chi connectivity index (χ4n) is 2.74. The highest BCUT2D eigenvalue weighted by molar-refractivity contribution is 6.31. The first-order valence-corrected chi connectivity index (χ1v) is 7.80. The number of amides is 1. The highest BCUT2D eigenvalue weighted by Gasteiger charge is 2.18. The predicted octanol–water partition coefficient (Wildman–Crippen LogP) is 2.68. The van der Waals surface area contributed by atoms with Crippen LogP contribution < -0.4 is 16.2 Å². The molecule has 0 radical (unpaired) electrons. The second-order valence-electron chi connectivity index (χ2n) is 5.66. The molecule has 1 amide bonds. The molecule has 0 bridgehead atoms. The highest BCUT2D eigenvalue weighted by Crippen LogP contribution is 2.24.